The first-order valence-electron chi connectivity index (χ1n) is 7.92. The van der Waals surface area contributed by atoms with E-state index in [2.05, 4.69) is 20.6 Å². The number of aromatic nitrogens is 2. The molecule has 3 aromatic rings. The van der Waals surface area contributed by atoms with Crippen LogP contribution in [-0.4, -0.2) is 29.0 Å². The lowest BCUT2D eigenvalue weighted by atomic mass is 10.1. The van der Waals surface area contributed by atoms with Gasteiger partial charge in [-0.2, -0.15) is 0 Å². The Bertz CT molecular complexity index is 938. The summed E-state index contributed by atoms with van der Waals surface area (Å²) in [6, 6.07) is 6.96. The second kappa shape index (κ2) is 7.57. The van der Waals surface area contributed by atoms with E-state index in [1.54, 1.807) is 24.7 Å². The van der Waals surface area contributed by atoms with Crippen LogP contribution in [0.5, 0.6) is 0 Å². The molecule has 1 amide bonds. The predicted octanol–water partition coefficient (Wildman–Crippen LogP) is 1.66. The van der Waals surface area contributed by atoms with Crippen LogP contribution in [0.1, 0.15) is 11.1 Å². The van der Waals surface area contributed by atoms with Crippen molar-refractivity contribution in [1.29, 1.82) is 0 Å². The zero-order chi connectivity index (χ0) is 17.6. The van der Waals surface area contributed by atoms with Crippen LogP contribution in [0.2, 0.25) is 0 Å². The van der Waals surface area contributed by atoms with Crippen LogP contribution in [0.4, 0.5) is 5.82 Å². The molecule has 0 saturated heterocycles. The van der Waals surface area contributed by atoms with Crippen molar-refractivity contribution in [3.63, 3.8) is 0 Å². The van der Waals surface area contributed by atoms with E-state index in [0.29, 0.717) is 30.1 Å². The van der Waals surface area contributed by atoms with Crippen molar-refractivity contribution in [3.8, 4) is 0 Å². The zero-order valence-electron chi connectivity index (χ0n) is 13.8. The summed E-state index contributed by atoms with van der Waals surface area (Å²) in [6.07, 6.45) is 4.92. The van der Waals surface area contributed by atoms with Gasteiger partial charge in [0.15, 0.2) is 0 Å². The highest BCUT2D eigenvalue weighted by Gasteiger charge is 2.10. The van der Waals surface area contributed by atoms with Gasteiger partial charge < -0.3 is 15.1 Å². The van der Waals surface area contributed by atoms with E-state index in [-0.39, 0.29) is 12.3 Å². The molecule has 7 nitrogen and oxygen atoms in total. The van der Waals surface area contributed by atoms with Crippen molar-refractivity contribution in [2.45, 2.75) is 13.3 Å². The normalized spacial score (nSPS) is 10.6. The third kappa shape index (κ3) is 4.41. The minimum absolute atomic E-state index is 0.121. The minimum atomic E-state index is -0.454. The highest BCUT2D eigenvalue weighted by molar-refractivity contribution is 5.87. The highest BCUT2D eigenvalue weighted by atomic mass is 16.4. The molecule has 128 valence electrons. The predicted molar refractivity (Wildman–Crippen MR) is 94.5 cm³/mol. The number of rotatable bonds is 6. The molecule has 0 spiro atoms. The lowest BCUT2D eigenvalue weighted by molar-refractivity contribution is -0.120. The SMILES string of the molecule is Cc1ccc2c(CC(=O)NCCNc3cnccn3)cc(=O)oc2c1. The number of hydrogen-bond acceptors (Lipinski definition) is 6. The summed E-state index contributed by atoms with van der Waals surface area (Å²) in [4.78, 5) is 31.9. The summed E-state index contributed by atoms with van der Waals surface area (Å²) in [7, 11) is 0. The van der Waals surface area contributed by atoms with Crippen molar-refractivity contribution in [2.24, 2.45) is 0 Å². The lowest BCUT2D eigenvalue weighted by Crippen LogP contribution is -2.30. The minimum Gasteiger partial charge on any atom is -0.423 e. The largest absolute Gasteiger partial charge is 0.423 e. The average molecular weight is 338 g/mol. The quantitative estimate of drug-likeness (QED) is 0.524. The van der Waals surface area contributed by atoms with Gasteiger partial charge in [-0.05, 0) is 24.1 Å². The first-order valence-corrected chi connectivity index (χ1v) is 7.92. The van der Waals surface area contributed by atoms with Crippen LogP contribution in [-0.2, 0) is 11.2 Å². The van der Waals surface area contributed by atoms with Crippen molar-refractivity contribution in [3.05, 3.63) is 64.4 Å². The van der Waals surface area contributed by atoms with Crippen molar-refractivity contribution in [1.82, 2.24) is 15.3 Å². The Kier molecular flexibility index (Phi) is 5.03. The van der Waals surface area contributed by atoms with E-state index in [1.165, 1.54) is 6.07 Å². The number of benzene rings is 1. The highest BCUT2D eigenvalue weighted by Crippen LogP contribution is 2.18. The van der Waals surface area contributed by atoms with Crippen molar-refractivity contribution < 1.29 is 9.21 Å². The Labute approximate surface area is 144 Å². The van der Waals surface area contributed by atoms with Gasteiger partial charge in [-0.15, -0.1) is 0 Å². The number of fused-ring (bicyclic) bond motifs is 1. The van der Waals surface area contributed by atoms with Crippen LogP contribution in [0, 0.1) is 6.92 Å². The fourth-order valence-electron chi connectivity index (χ4n) is 2.50. The Hall–Kier alpha value is -3.22. The van der Waals surface area contributed by atoms with E-state index in [9.17, 15) is 9.59 Å². The number of nitrogens with one attached hydrogen (secondary N) is 2. The molecule has 0 unspecified atom stereocenters. The Balaban J connectivity index is 1.59. The Morgan fingerprint density at radius 1 is 1.20 bits per heavy atom. The monoisotopic (exact) mass is 338 g/mol. The Morgan fingerprint density at radius 2 is 2.08 bits per heavy atom. The molecule has 2 aromatic heterocycles. The molecule has 2 N–H and O–H groups in total. The topological polar surface area (TPSA) is 97.1 Å². The van der Waals surface area contributed by atoms with Crippen molar-refractivity contribution >= 4 is 22.7 Å². The molecule has 0 aliphatic heterocycles. The molecule has 0 fully saturated rings. The van der Waals surface area contributed by atoms with E-state index in [1.807, 2.05) is 19.1 Å². The fourth-order valence-corrected chi connectivity index (χ4v) is 2.50. The molecule has 0 radical (unpaired) electrons. The molecule has 0 saturated carbocycles. The van der Waals surface area contributed by atoms with Gasteiger partial charge in [0.05, 0.1) is 12.6 Å². The van der Waals surface area contributed by atoms with Gasteiger partial charge in [0, 0.05) is 36.9 Å². The molecular formula is C18H18N4O3. The van der Waals surface area contributed by atoms with E-state index < -0.39 is 5.63 Å². The second-order valence-corrected chi connectivity index (χ2v) is 5.63. The van der Waals surface area contributed by atoms with Crippen LogP contribution in [0.25, 0.3) is 11.0 Å². The number of anilines is 1. The summed E-state index contributed by atoms with van der Waals surface area (Å²) < 4.78 is 5.20. The Morgan fingerprint density at radius 3 is 2.88 bits per heavy atom. The maximum absolute atomic E-state index is 12.1. The molecule has 0 atom stereocenters. The third-order valence-electron chi connectivity index (χ3n) is 3.65. The van der Waals surface area contributed by atoms with Crippen LogP contribution in [0.15, 0.2) is 52.1 Å². The van der Waals surface area contributed by atoms with Gasteiger partial charge in [0.1, 0.15) is 11.4 Å². The summed E-state index contributed by atoms with van der Waals surface area (Å²) in [5, 5.41) is 6.65. The lowest BCUT2D eigenvalue weighted by Gasteiger charge is -2.08. The zero-order valence-corrected chi connectivity index (χ0v) is 13.8. The number of amides is 1. The standard InChI is InChI=1S/C18H18N4O3/c1-12-2-3-14-13(10-18(24)25-15(14)8-12)9-17(23)22-7-6-21-16-11-19-4-5-20-16/h2-5,8,10-11H,6-7,9H2,1H3,(H,20,21)(H,22,23). The number of nitrogens with zero attached hydrogens (tertiary/aromatic N) is 2. The third-order valence-corrected chi connectivity index (χ3v) is 3.65. The van der Waals surface area contributed by atoms with E-state index >= 15 is 0 Å². The van der Waals surface area contributed by atoms with Crippen LogP contribution >= 0.6 is 0 Å². The van der Waals surface area contributed by atoms with Gasteiger partial charge >= 0.3 is 5.63 Å². The second-order valence-electron chi connectivity index (χ2n) is 5.63. The molecule has 0 aliphatic rings. The van der Waals surface area contributed by atoms with Gasteiger partial charge in [-0.1, -0.05) is 12.1 Å². The van der Waals surface area contributed by atoms with E-state index in [4.69, 9.17) is 4.42 Å². The smallest absolute Gasteiger partial charge is 0.336 e. The molecule has 0 bridgehead atoms. The number of carbonyl (C=O) groups is 1. The first kappa shape index (κ1) is 16.6. The summed E-state index contributed by atoms with van der Waals surface area (Å²) in [6.45, 7) is 2.89. The molecule has 2 heterocycles. The van der Waals surface area contributed by atoms with Crippen LogP contribution < -0.4 is 16.3 Å². The molecule has 3 rings (SSSR count). The summed E-state index contributed by atoms with van der Waals surface area (Å²) in [5.41, 5.74) is 1.70. The van der Waals surface area contributed by atoms with E-state index in [0.717, 1.165) is 10.9 Å². The van der Waals surface area contributed by atoms with Gasteiger partial charge in [-0.3, -0.25) is 9.78 Å². The summed E-state index contributed by atoms with van der Waals surface area (Å²) >= 11 is 0. The van der Waals surface area contributed by atoms with Gasteiger partial charge in [0.25, 0.3) is 0 Å². The van der Waals surface area contributed by atoms with Gasteiger partial charge in [0.2, 0.25) is 5.91 Å². The fraction of sp³-hybridized carbons (Fsp3) is 0.222. The number of hydrogen-bond donors (Lipinski definition) is 2. The average Bonchev–Trinajstić information content (AvgIpc) is 2.59. The molecule has 25 heavy (non-hydrogen) atoms. The van der Waals surface area contributed by atoms with Crippen LogP contribution in [0.3, 0.4) is 0 Å². The molecule has 7 heteroatoms. The molecule has 0 aliphatic carbocycles. The molecular weight excluding hydrogens is 320 g/mol. The maximum Gasteiger partial charge on any atom is 0.336 e. The number of carbonyl (C=O) groups excluding carboxylic acids is 1. The maximum atomic E-state index is 12.1. The molecule has 1 aromatic carbocycles. The number of aryl methyl sites for hydroxylation is 1. The summed E-state index contributed by atoms with van der Waals surface area (Å²) in [5.74, 6) is 0.493. The van der Waals surface area contributed by atoms with Gasteiger partial charge in [-0.25, -0.2) is 9.78 Å². The first-order chi connectivity index (χ1) is 12.1. The van der Waals surface area contributed by atoms with Crippen molar-refractivity contribution in [2.75, 3.05) is 18.4 Å².